The van der Waals surface area contributed by atoms with E-state index in [4.69, 9.17) is 11.1 Å². The summed E-state index contributed by atoms with van der Waals surface area (Å²) in [7, 11) is 0. The average molecular weight is 292 g/mol. The number of nitrogen functional groups attached to an aromatic ring is 1. The van der Waals surface area contributed by atoms with Crippen LogP contribution in [0.25, 0.3) is 0 Å². The molecular weight excluding hydrogens is 278 g/mol. The van der Waals surface area contributed by atoms with Crippen LogP contribution in [-0.4, -0.2) is 5.84 Å². The van der Waals surface area contributed by atoms with E-state index in [0.717, 1.165) is 17.2 Å². The number of amidine groups is 1. The minimum absolute atomic E-state index is 0.0249. The standard InChI is InChI=1S/C15H14F2N2S/c1-9-6-10(15(18)19)2-3-11(9)8-20-14-5-4-12(16)7-13(14)17/h2-7H,8H2,1H3,(H3,18,19). The van der Waals surface area contributed by atoms with Crippen LogP contribution in [0.2, 0.25) is 0 Å². The number of rotatable bonds is 4. The van der Waals surface area contributed by atoms with Gasteiger partial charge in [-0.15, -0.1) is 11.8 Å². The molecule has 0 spiro atoms. The molecular formula is C15H14F2N2S. The molecule has 0 aromatic heterocycles. The summed E-state index contributed by atoms with van der Waals surface area (Å²) in [6.45, 7) is 1.92. The van der Waals surface area contributed by atoms with Crippen molar-refractivity contribution in [3.05, 3.63) is 64.7 Å². The van der Waals surface area contributed by atoms with Crippen molar-refractivity contribution in [3.63, 3.8) is 0 Å². The Morgan fingerprint density at radius 2 is 1.95 bits per heavy atom. The van der Waals surface area contributed by atoms with Gasteiger partial charge in [-0.2, -0.15) is 0 Å². The fourth-order valence-corrected chi connectivity index (χ4v) is 2.77. The number of nitrogens with two attached hydrogens (primary N) is 1. The number of halogens is 2. The topological polar surface area (TPSA) is 49.9 Å². The maximum atomic E-state index is 13.5. The third-order valence-corrected chi connectivity index (χ3v) is 4.03. The van der Waals surface area contributed by atoms with E-state index in [1.807, 2.05) is 19.1 Å². The first-order valence-corrected chi connectivity index (χ1v) is 6.97. The highest BCUT2D eigenvalue weighted by molar-refractivity contribution is 7.98. The van der Waals surface area contributed by atoms with Crippen LogP contribution in [0.1, 0.15) is 16.7 Å². The van der Waals surface area contributed by atoms with E-state index in [9.17, 15) is 8.78 Å². The van der Waals surface area contributed by atoms with Crippen LogP contribution < -0.4 is 5.73 Å². The van der Waals surface area contributed by atoms with Gasteiger partial charge in [0.05, 0.1) is 0 Å². The first-order valence-electron chi connectivity index (χ1n) is 5.99. The number of hydrogen-bond donors (Lipinski definition) is 2. The first kappa shape index (κ1) is 14.5. The predicted molar refractivity (Wildman–Crippen MR) is 78.1 cm³/mol. The summed E-state index contributed by atoms with van der Waals surface area (Å²) in [4.78, 5) is 0.418. The molecule has 20 heavy (non-hydrogen) atoms. The minimum atomic E-state index is -0.575. The lowest BCUT2D eigenvalue weighted by atomic mass is 10.1. The molecule has 0 aliphatic carbocycles. The Bertz CT molecular complexity index is 656. The Balaban J connectivity index is 2.13. The molecule has 0 saturated heterocycles. The molecule has 0 bridgehead atoms. The lowest BCUT2D eigenvalue weighted by Crippen LogP contribution is -2.11. The second-order valence-electron chi connectivity index (χ2n) is 4.42. The second kappa shape index (κ2) is 6.05. The fraction of sp³-hybridized carbons (Fsp3) is 0.133. The third-order valence-electron chi connectivity index (χ3n) is 2.93. The molecule has 0 saturated carbocycles. The summed E-state index contributed by atoms with van der Waals surface area (Å²) in [6, 6.07) is 9.05. The average Bonchev–Trinajstić information content (AvgIpc) is 2.38. The zero-order valence-electron chi connectivity index (χ0n) is 10.9. The van der Waals surface area contributed by atoms with E-state index in [1.54, 1.807) is 6.07 Å². The van der Waals surface area contributed by atoms with Gasteiger partial charge in [-0.25, -0.2) is 8.78 Å². The molecule has 2 aromatic rings. The maximum absolute atomic E-state index is 13.5. The molecule has 2 rings (SSSR count). The summed E-state index contributed by atoms with van der Waals surface area (Å²) >= 11 is 1.31. The largest absolute Gasteiger partial charge is 0.384 e. The van der Waals surface area contributed by atoms with Crippen molar-refractivity contribution < 1.29 is 8.78 Å². The van der Waals surface area contributed by atoms with E-state index < -0.39 is 11.6 Å². The SMILES string of the molecule is Cc1cc(C(=N)N)ccc1CSc1ccc(F)cc1F. The van der Waals surface area contributed by atoms with Crippen LogP contribution >= 0.6 is 11.8 Å². The summed E-state index contributed by atoms with van der Waals surface area (Å²) in [6.07, 6.45) is 0. The molecule has 2 aromatic carbocycles. The summed E-state index contributed by atoms with van der Waals surface area (Å²) in [5, 5.41) is 7.37. The van der Waals surface area contributed by atoms with Crippen LogP contribution in [0.3, 0.4) is 0 Å². The van der Waals surface area contributed by atoms with Gasteiger partial charge >= 0.3 is 0 Å². The van der Waals surface area contributed by atoms with Crippen LogP contribution in [0.15, 0.2) is 41.3 Å². The molecule has 3 N–H and O–H groups in total. The van der Waals surface area contributed by atoms with E-state index >= 15 is 0 Å². The maximum Gasteiger partial charge on any atom is 0.139 e. The van der Waals surface area contributed by atoms with Crippen LogP contribution in [0.4, 0.5) is 8.78 Å². The van der Waals surface area contributed by atoms with Crippen molar-refractivity contribution in [2.75, 3.05) is 0 Å². The van der Waals surface area contributed by atoms with Crippen LogP contribution in [0.5, 0.6) is 0 Å². The van der Waals surface area contributed by atoms with E-state index in [1.165, 1.54) is 23.9 Å². The van der Waals surface area contributed by atoms with E-state index in [-0.39, 0.29) is 5.84 Å². The molecule has 0 aliphatic rings. The molecule has 0 radical (unpaired) electrons. The zero-order chi connectivity index (χ0) is 14.7. The molecule has 2 nitrogen and oxygen atoms in total. The van der Waals surface area contributed by atoms with Gasteiger partial charge in [0.15, 0.2) is 0 Å². The summed E-state index contributed by atoms with van der Waals surface area (Å²) < 4.78 is 26.3. The van der Waals surface area contributed by atoms with Gasteiger partial charge in [-0.1, -0.05) is 12.1 Å². The number of nitrogens with one attached hydrogen (secondary N) is 1. The number of thioether (sulfide) groups is 1. The van der Waals surface area contributed by atoms with Crippen molar-refractivity contribution in [2.45, 2.75) is 17.6 Å². The Labute approximate surface area is 120 Å². The van der Waals surface area contributed by atoms with Crippen LogP contribution in [-0.2, 0) is 5.75 Å². The number of aryl methyl sites for hydroxylation is 1. The molecule has 0 heterocycles. The quantitative estimate of drug-likeness (QED) is 0.511. The van der Waals surface area contributed by atoms with Gasteiger partial charge in [0.25, 0.3) is 0 Å². The monoisotopic (exact) mass is 292 g/mol. The van der Waals surface area contributed by atoms with Crippen molar-refractivity contribution in [3.8, 4) is 0 Å². The smallest absolute Gasteiger partial charge is 0.139 e. The number of hydrogen-bond acceptors (Lipinski definition) is 2. The van der Waals surface area contributed by atoms with Gasteiger partial charge in [0.2, 0.25) is 0 Å². The normalized spacial score (nSPS) is 10.6. The van der Waals surface area contributed by atoms with Crippen molar-refractivity contribution in [2.24, 2.45) is 5.73 Å². The van der Waals surface area contributed by atoms with Crippen molar-refractivity contribution in [1.29, 1.82) is 5.41 Å². The second-order valence-corrected chi connectivity index (χ2v) is 5.44. The Morgan fingerprint density at radius 3 is 2.55 bits per heavy atom. The van der Waals surface area contributed by atoms with Gasteiger partial charge in [-0.3, -0.25) is 5.41 Å². The Kier molecular flexibility index (Phi) is 4.39. The highest BCUT2D eigenvalue weighted by Gasteiger charge is 2.07. The lowest BCUT2D eigenvalue weighted by Gasteiger charge is -2.08. The lowest BCUT2D eigenvalue weighted by molar-refractivity contribution is 0.565. The van der Waals surface area contributed by atoms with Crippen molar-refractivity contribution >= 4 is 17.6 Å². The summed E-state index contributed by atoms with van der Waals surface area (Å²) in [5.41, 5.74) is 8.12. The molecule has 0 aliphatic heterocycles. The predicted octanol–water partition coefficient (Wildman–Crippen LogP) is 3.85. The Morgan fingerprint density at radius 1 is 1.20 bits per heavy atom. The van der Waals surface area contributed by atoms with Gasteiger partial charge in [0.1, 0.15) is 17.5 Å². The first-order chi connectivity index (χ1) is 9.47. The molecule has 0 fully saturated rings. The summed E-state index contributed by atoms with van der Waals surface area (Å²) in [5.74, 6) is -0.522. The fourth-order valence-electron chi connectivity index (χ4n) is 1.77. The van der Waals surface area contributed by atoms with Gasteiger partial charge in [0, 0.05) is 22.3 Å². The van der Waals surface area contributed by atoms with E-state index in [2.05, 4.69) is 0 Å². The molecule has 0 unspecified atom stereocenters. The van der Waals surface area contributed by atoms with Gasteiger partial charge < -0.3 is 5.73 Å². The van der Waals surface area contributed by atoms with Crippen molar-refractivity contribution in [1.82, 2.24) is 0 Å². The molecule has 5 heteroatoms. The highest BCUT2D eigenvalue weighted by Crippen LogP contribution is 2.27. The highest BCUT2D eigenvalue weighted by atomic mass is 32.2. The number of benzene rings is 2. The minimum Gasteiger partial charge on any atom is -0.384 e. The molecule has 104 valence electrons. The van der Waals surface area contributed by atoms with E-state index in [0.29, 0.717) is 16.2 Å². The zero-order valence-corrected chi connectivity index (χ0v) is 11.7. The third kappa shape index (κ3) is 3.36. The Hall–Kier alpha value is -1.88. The molecule has 0 atom stereocenters. The van der Waals surface area contributed by atoms with Crippen LogP contribution in [0, 0.1) is 24.0 Å². The van der Waals surface area contributed by atoms with Gasteiger partial charge in [-0.05, 0) is 36.2 Å². The molecule has 0 amide bonds.